The molecule has 0 aliphatic rings. The molecule has 0 aliphatic heterocycles. The van der Waals surface area contributed by atoms with E-state index in [4.69, 9.17) is 23.2 Å². The first-order chi connectivity index (χ1) is 11.6. The molecule has 134 valence electrons. The Labute approximate surface area is 157 Å². The van der Waals surface area contributed by atoms with Gasteiger partial charge in [-0.2, -0.15) is 0 Å². The maximum Gasteiger partial charge on any atom is 0.245 e. The summed E-state index contributed by atoms with van der Waals surface area (Å²) >= 11 is 11.9. The number of halogens is 2. The van der Waals surface area contributed by atoms with Crippen molar-refractivity contribution in [2.75, 3.05) is 22.4 Å². The number of nitrogens with zero attached hydrogens (tertiary/aromatic N) is 1. The zero-order valence-electron chi connectivity index (χ0n) is 14.0. The van der Waals surface area contributed by atoms with Crippen molar-refractivity contribution in [2.24, 2.45) is 0 Å². The molecular weight excluding hydrogens is 383 g/mol. The zero-order valence-corrected chi connectivity index (χ0v) is 16.3. The van der Waals surface area contributed by atoms with E-state index >= 15 is 0 Å². The number of benzene rings is 2. The predicted molar refractivity (Wildman–Crippen MR) is 103 cm³/mol. The van der Waals surface area contributed by atoms with Crippen LogP contribution in [0.3, 0.4) is 0 Å². The molecule has 2 aromatic rings. The number of anilines is 2. The lowest BCUT2D eigenvalue weighted by Crippen LogP contribution is -2.38. The SMILES string of the molecule is Cc1ccc(Cl)cc1NC(=O)CN(c1ccc(Cl)cc1C)S(C)(=O)=O. The molecule has 0 aliphatic carbocycles. The summed E-state index contributed by atoms with van der Waals surface area (Å²) in [6, 6.07) is 9.92. The molecule has 1 N–H and O–H groups in total. The number of aryl methyl sites for hydroxylation is 2. The van der Waals surface area contributed by atoms with Crippen LogP contribution in [0, 0.1) is 13.8 Å². The van der Waals surface area contributed by atoms with Crippen LogP contribution < -0.4 is 9.62 Å². The number of amides is 1. The van der Waals surface area contributed by atoms with Gasteiger partial charge in [-0.3, -0.25) is 9.10 Å². The molecule has 0 unspecified atom stereocenters. The van der Waals surface area contributed by atoms with Crippen LogP contribution in [0.2, 0.25) is 10.0 Å². The number of sulfonamides is 1. The van der Waals surface area contributed by atoms with Crippen LogP contribution in [0.15, 0.2) is 36.4 Å². The minimum absolute atomic E-state index is 0.354. The van der Waals surface area contributed by atoms with Gasteiger partial charge in [0.15, 0.2) is 0 Å². The molecular formula is C17H18Cl2N2O3S. The van der Waals surface area contributed by atoms with Crippen molar-refractivity contribution in [3.8, 4) is 0 Å². The van der Waals surface area contributed by atoms with Crippen LogP contribution in [-0.4, -0.2) is 27.1 Å². The van der Waals surface area contributed by atoms with E-state index in [0.717, 1.165) is 16.1 Å². The van der Waals surface area contributed by atoms with E-state index in [1.165, 1.54) is 0 Å². The molecule has 0 bridgehead atoms. The van der Waals surface area contributed by atoms with E-state index in [9.17, 15) is 13.2 Å². The van der Waals surface area contributed by atoms with Gasteiger partial charge in [0.05, 0.1) is 11.9 Å². The summed E-state index contributed by atoms with van der Waals surface area (Å²) in [5.74, 6) is -0.467. The lowest BCUT2D eigenvalue weighted by molar-refractivity contribution is -0.114. The standard InChI is InChI=1S/C17H18Cl2N2O3S/c1-11-4-5-14(19)9-15(11)20-17(22)10-21(25(3,23)24)16-7-6-13(18)8-12(16)2/h4-9H,10H2,1-3H3,(H,20,22). The maximum absolute atomic E-state index is 12.4. The van der Waals surface area contributed by atoms with Gasteiger partial charge in [0.1, 0.15) is 6.54 Å². The molecule has 0 spiro atoms. The average molecular weight is 401 g/mol. The van der Waals surface area contributed by atoms with Crippen molar-refractivity contribution in [1.82, 2.24) is 0 Å². The first-order valence-electron chi connectivity index (χ1n) is 7.38. The van der Waals surface area contributed by atoms with Crippen LogP contribution in [0.4, 0.5) is 11.4 Å². The van der Waals surface area contributed by atoms with Gasteiger partial charge < -0.3 is 5.32 Å². The van der Waals surface area contributed by atoms with E-state index in [2.05, 4.69) is 5.32 Å². The lowest BCUT2D eigenvalue weighted by atomic mass is 10.2. The van der Waals surface area contributed by atoms with Crippen molar-refractivity contribution in [2.45, 2.75) is 13.8 Å². The van der Waals surface area contributed by atoms with Crippen LogP contribution >= 0.6 is 23.2 Å². The number of hydrogen-bond acceptors (Lipinski definition) is 3. The van der Waals surface area contributed by atoms with E-state index in [1.807, 2.05) is 6.92 Å². The maximum atomic E-state index is 12.4. The third-order valence-electron chi connectivity index (χ3n) is 3.59. The van der Waals surface area contributed by atoms with Crippen molar-refractivity contribution in [1.29, 1.82) is 0 Å². The molecule has 1 amide bonds. The van der Waals surface area contributed by atoms with Crippen molar-refractivity contribution in [3.05, 3.63) is 57.6 Å². The summed E-state index contributed by atoms with van der Waals surface area (Å²) < 4.78 is 25.4. The Balaban J connectivity index is 2.28. The number of nitrogens with one attached hydrogen (secondary N) is 1. The topological polar surface area (TPSA) is 66.5 Å². The van der Waals surface area contributed by atoms with Gasteiger partial charge in [0.25, 0.3) is 0 Å². The molecule has 25 heavy (non-hydrogen) atoms. The molecule has 0 radical (unpaired) electrons. The van der Waals surface area contributed by atoms with Gasteiger partial charge in [-0.05, 0) is 55.3 Å². The Morgan fingerprint density at radius 1 is 1.04 bits per heavy atom. The fraction of sp³-hybridized carbons (Fsp3) is 0.235. The van der Waals surface area contributed by atoms with Crippen LogP contribution in [0.5, 0.6) is 0 Å². The highest BCUT2D eigenvalue weighted by Crippen LogP contribution is 2.26. The van der Waals surface area contributed by atoms with Crippen LogP contribution in [0.25, 0.3) is 0 Å². The number of carbonyl (C=O) groups is 1. The largest absolute Gasteiger partial charge is 0.324 e. The predicted octanol–water partition coefficient (Wildman–Crippen LogP) is 4.01. The first kappa shape index (κ1) is 19.6. The molecule has 5 nitrogen and oxygen atoms in total. The molecule has 0 heterocycles. The van der Waals surface area contributed by atoms with Crippen molar-refractivity contribution < 1.29 is 13.2 Å². The lowest BCUT2D eigenvalue weighted by Gasteiger charge is -2.24. The van der Waals surface area contributed by atoms with Crippen molar-refractivity contribution >= 4 is 50.5 Å². The molecule has 0 saturated heterocycles. The molecule has 0 atom stereocenters. The molecule has 8 heteroatoms. The van der Waals surface area contributed by atoms with E-state index in [0.29, 0.717) is 27.0 Å². The van der Waals surface area contributed by atoms with Gasteiger partial charge in [-0.1, -0.05) is 29.3 Å². The molecule has 2 rings (SSSR count). The first-order valence-corrected chi connectivity index (χ1v) is 9.98. The van der Waals surface area contributed by atoms with Gasteiger partial charge in [-0.15, -0.1) is 0 Å². The van der Waals surface area contributed by atoms with Gasteiger partial charge in [0, 0.05) is 15.7 Å². The summed E-state index contributed by atoms with van der Waals surface area (Å²) in [5.41, 5.74) is 2.43. The molecule has 0 fully saturated rings. The molecule has 0 saturated carbocycles. The fourth-order valence-electron chi connectivity index (χ4n) is 2.33. The van der Waals surface area contributed by atoms with E-state index in [1.54, 1.807) is 43.3 Å². The Morgan fingerprint density at radius 2 is 1.64 bits per heavy atom. The molecule has 2 aromatic carbocycles. The monoisotopic (exact) mass is 400 g/mol. The Hall–Kier alpha value is -1.76. The Morgan fingerprint density at radius 3 is 2.24 bits per heavy atom. The summed E-state index contributed by atoms with van der Waals surface area (Å²) in [7, 11) is -3.66. The van der Waals surface area contributed by atoms with Crippen LogP contribution in [-0.2, 0) is 14.8 Å². The Kier molecular flexibility index (Phi) is 5.98. The van der Waals surface area contributed by atoms with Crippen molar-refractivity contribution in [3.63, 3.8) is 0 Å². The normalized spacial score (nSPS) is 11.2. The summed E-state index contributed by atoms with van der Waals surface area (Å²) in [6.07, 6.45) is 1.05. The quantitative estimate of drug-likeness (QED) is 0.823. The third-order valence-corrected chi connectivity index (χ3v) is 5.19. The summed E-state index contributed by atoms with van der Waals surface area (Å²) in [6.45, 7) is 3.20. The van der Waals surface area contributed by atoms with Crippen LogP contribution in [0.1, 0.15) is 11.1 Å². The second-order valence-electron chi connectivity index (χ2n) is 5.71. The van der Waals surface area contributed by atoms with Gasteiger partial charge >= 0.3 is 0 Å². The number of hydrogen-bond donors (Lipinski definition) is 1. The van der Waals surface area contributed by atoms with E-state index in [-0.39, 0.29) is 6.54 Å². The van der Waals surface area contributed by atoms with Gasteiger partial charge in [0.2, 0.25) is 15.9 Å². The number of carbonyl (C=O) groups excluding carboxylic acids is 1. The zero-order chi connectivity index (χ0) is 18.8. The number of rotatable bonds is 5. The minimum atomic E-state index is -3.66. The highest BCUT2D eigenvalue weighted by Gasteiger charge is 2.22. The van der Waals surface area contributed by atoms with E-state index < -0.39 is 15.9 Å². The second-order valence-corrected chi connectivity index (χ2v) is 8.49. The van der Waals surface area contributed by atoms with Gasteiger partial charge in [-0.25, -0.2) is 8.42 Å². The highest BCUT2D eigenvalue weighted by atomic mass is 35.5. The summed E-state index contributed by atoms with van der Waals surface area (Å²) in [5, 5.41) is 3.67. The second kappa shape index (κ2) is 7.64. The minimum Gasteiger partial charge on any atom is -0.324 e. The fourth-order valence-corrected chi connectivity index (χ4v) is 3.64. The summed E-state index contributed by atoms with van der Waals surface area (Å²) in [4.78, 5) is 12.4. The smallest absolute Gasteiger partial charge is 0.245 e. The highest BCUT2D eigenvalue weighted by molar-refractivity contribution is 7.92. The Bertz CT molecular complexity index is 914. The molecule has 0 aromatic heterocycles. The third kappa shape index (κ3) is 5.11. The average Bonchev–Trinajstić information content (AvgIpc) is 2.48.